The topological polar surface area (TPSA) is 20.2 Å². The molecule has 1 aliphatic carbocycles. The maximum absolute atomic E-state index is 11.3. The second-order valence-corrected chi connectivity index (χ2v) is 11.8. The van der Waals surface area contributed by atoms with Crippen LogP contribution in [0.25, 0.3) is 32.7 Å². The summed E-state index contributed by atoms with van der Waals surface area (Å²) in [4.78, 5) is 0. The third-order valence-corrected chi connectivity index (χ3v) is 10.3. The van der Waals surface area contributed by atoms with Crippen LogP contribution in [0.4, 0.5) is 0 Å². The summed E-state index contributed by atoms with van der Waals surface area (Å²) in [5, 5.41) is 18.9. The number of benzene rings is 5. The van der Waals surface area contributed by atoms with Crippen LogP contribution in [0.1, 0.15) is 32.1 Å². The lowest BCUT2D eigenvalue weighted by Crippen LogP contribution is -2.25. The van der Waals surface area contributed by atoms with E-state index in [0.717, 1.165) is 16.3 Å². The van der Waals surface area contributed by atoms with Crippen molar-refractivity contribution in [2.24, 2.45) is 0 Å². The molecule has 1 aliphatic rings. The Bertz CT molecular complexity index is 1450. The maximum atomic E-state index is 11.3. The lowest BCUT2D eigenvalue weighted by atomic mass is 9.93. The van der Waals surface area contributed by atoms with Crippen molar-refractivity contribution in [3.8, 4) is 16.9 Å². The van der Waals surface area contributed by atoms with E-state index in [1.807, 2.05) is 12.1 Å². The molecular formula is C32H29OP. The molecule has 5 aromatic carbocycles. The number of phenolic OH excluding ortho intramolecular Hbond substituents is 1. The minimum atomic E-state index is -0.566. The highest BCUT2D eigenvalue weighted by Crippen LogP contribution is 2.51. The van der Waals surface area contributed by atoms with Gasteiger partial charge in [0.05, 0.1) is 0 Å². The largest absolute Gasteiger partial charge is 0.507 e. The summed E-state index contributed by atoms with van der Waals surface area (Å²) in [6.07, 6.45) is 6.56. The van der Waals surface area contributed by atoms with Crippen molar-refractivity contribution >= 4 is 40.1 Å². The normalized spacial score (nSPS) is 15.5. The summed E-state index contributed by atoms with van der Waals surface area (Å²) in [6.45, 7) is 0. The zero-order valence-electron chi connectivity index (χ0n) is 19.3. The molecule has 6 rings (SSSR count). The number of fused-ring (bicyclic) bond motifs is 2. The van der Waals surface area contributed by atoms with Gasteiger partial charge in [-0.2, -0.15) is 0 Å². The van der Waals surface area contributed by atoms with Gasteiger partial charge in [-0.25, -0.2) is 0 Å². The Balaban J connectivity index is 1.70. The zero-order valence-corrected chi connectivity index (χ0v) is 20.2. The van der Waals surface area contributed by atoms with Crippen LogP contribution in [0.5, 0.6) is 5.75 Å². The highest BCUT2D eigenvalue weighted by molar-refractivity contribution is 7.74. The predicted molar refractivity (Wildman–Crippen MR) is 148 cm³/mol. The number of rotatable bonds is 4. The van der Waals surface area contributed by atoms with Gasteiger partial charge in [0.2, 0.25) is 0 Å². The lowest BCUT2D eigenvalue weighted by Gasteiger charge is -2.33. The molecule has 1 N–H and O–H groups in total. The Morgan fingerprint density at radius 1 is 0.559 bits per heavy atom. The number of phenols is 1. The Labute approximate surface area is 202 Å². The molecule has 0 spiro atoms. The standard InChI is InChI=1S/C32H29OP/c33-29-21-19-23-11-7-9-17-27(23)31(29)32-28-18-10-8-12-24(28)20-22-30(32)34(25-13-3-1-4-14-25)26-15-5-2-6-16-26/h1,3-4,7-14,17-22,26,33H,2,5-6,15-16H2. The van der Waals surface area contributed by atoms with Gasteiger partial charge in [-0.05, 0) is 64.6 Å². The summed E-state index contributed by atoms with van der Waals surface area (Å²) in [6, 6.07) is 36.8. The molecule has 1 atom stereocenters. The van der Waals surface area contributed by atoms with Gasteiger partial charge in [0.25, 0.3) is 0 Å². The molecule has 2 heteroatoms. The fourth-order valence-electron chi connectivity index (χ4n) is 5.72. The first-order valence-electron chi connectivity index (χ1n) is 12.4. The summed E-state index contributed by atoms with van der Waals surface area (Å²) in [5.74, 6) is 0.364. The molecule has 0 bridgehead atoms. The van der Waals surface area contributed by atoms with Crippen LogP contribution >= 0.6 is 7.92 Å². The van der Waals surface area contributed by atoms with E-state index in [1.165, 1.54) is 59.0 Å². The van der Waals surface area contributed by atoms with E-state index in [4.69, 9.17) is 0 Å². The molecule has 1 fully saturated rings. The molecule has 34 heavy (non-hydrogen) atoms. The molecule has 5 aromatic rings. The minimum absolute atomic E-state index is 0.364. The number of aromatic hydroxyl groups is 1. The first kappa shape index (κ1) is 21.4. The van der Waals surface area contributed by atoms with Gasteiger partial charge in [0.15, 0.2) is 0 Å². The van der Waals surface area contributed by atoms with Gasteiger partial charge in [-0.3, -0.25) is 0 Å². The summed E-state index contributed by atoms with van der Waals surface area (Å²) >= 11 is 0. The fourth-order valence-corrected chi connectivity index (χ4v) is 8.90. The van der Waals surface area contributed by atoms with E-state index in [0.29, 0.717) is 11.4 Å². The van der Waals surface area contributed by atoms with Crippen molar-refractivity contribution in [3.63, 3.8) is 0 Å². The Morgan fingerprint density at radius 2 is 1.15 bits per heavy atom. The minimum Gasteiger partial charge on any atom is -0.507 e. The second-order valence-electron chi connectivity index (χ2n) is 9.36. The molecule has 1 saturated carbocycles. The Morgan fingerprint density at radius 3 is 1.85 bits per heavy atom. The number of hydrogen-bond donors (Lipinski definition) is 1. The molecule has 1 unspecified atom stereocenters. The van der Waals surface area contributed by atoms with E-state index in [2.05, 4.69) is 91.0 Å². The third-order valence-electron chi connectivity index (χ3n) is 7.30. The summed E-state index contributed by atoms with van der Waals surface area (Å²) in [5.41, 5.74) is 2.86. The van der Waals surface area contributed by atoms with Gasteiger partial charge in [-0.15, -0.1) is 0 Å². The highest BCUT2D eigenvalue weighted by Gasteiger charge is 2.30. The van der Waals surface area contributed by atoms with Crippen LogP contribution in [-0.4, -0.2) is 10.8 Å². The van der Waals surface area contributed by atoms with Gasteiger partial charge >= 0.3 is 0 Å². The average molecular weight is 461 g/mol. The first-order valence-corrected chi connectivity index (χ1v) is 13.8. The number of hydrogen-bond acceptors (Lipinski definition) is 1. The van der Waals surface area contributed by atoms with Gasteiger partial charge in [0, 0.05) is 11.1 Å². The van der Waals surface area contributed by atoms with Crippen LogP contribution in [0.3, 0.4) is 0 Å². The van der Waals surface area contributed by atoms with Gasteiger partial charge in [-0.1, -0.05) is 116 Å². The summed E-state index contributed by atoms with van der Waals surface area (Å²) in [7, 11) is -0.566. The van der Waals surface area contributed by atoms with Gasteiger partial charge < -0.3 is 5.11 Å². The second kappa shape index (κ2) is 9.24. The van der Waals surface area contributed by atoms with E-state index in [9.17, 15) is 5.11 Å². The molecule has 1 nitrogen and oxygen atoms in total. The molecule has 0 saturated heterocycles. The third kappa shape index (κ3) is 3.79. The van der Waals surface area contributed by atoms with Crippen LogP contribution in [0.15, 0.2) is 103 Å². The molecule has 0 amide bonds. The van der Waals surface area contributed by atoms with Gasteiger partial charge in [0.1, 0.15) is 5.75 Å². The monoisotopic (exact) mass is 460 g/mol. The molecule has 168 valence electrons. The zero-order chi connectivity index (χ0) is 22.9. The Kier molecular flexibility index (Phi) is 5.81. The molecule has 0 radical (unpaired) electrons. The van der Waals surface area contributed by atoms with E-state index < -0.39 is 7.92 Å². The molecule has 0 aromatic heterocycles. The van der Waals surface area contributed by atoms with Crippen LogP contribution in [0, 0.1) is 0 Å². The molecular weight excluding hydrogens is 431 g/mol. The first-order chi connectivity index (χ1) is 16.8. The van der Waals surface area contributed by atoms with Crippen LogP contribution in [0.2, 0.25) is 0 Å². The molecule has 0 heterocycles. The van der Waals surface area contributed by atoms with Crippen LogP contribution in [-0.2, 0) is 0 Å². The van der Waals surface area contributed by atoms with E-state index in [-0.39, 0.29) is 0 Å². The SMILES string of the molecule is Oc1ccc2ccccc2c1-c1c(P(c2ccccc2)C2CCCCC2)ccc2ccccc12. The van der Waals surface area contributed by atoms with Crippen molar-refractivity contribution in [2.45, 2.75) is 37.8 Å². The maximum Gasteiger partial charge on any atom is 0.124 e. The quantitative estimate of drug-likeness (QED) is 0.268. The van der Waals surface area contributed by atoms with Crippen molar-refractivity contribution in [1.82, 2.24) is 0 Å². The fraction of sp³-hybridized carbons (Fsp3) is 0.188. The van der Waals surface area contributed by atoms with Crippen molar-refractivity contribution in [3.05, 3.63) is 103 Å². The lowest BCUT2D eigenvalue weighted by molar-refractivity contribution is 0.478. The van der Waals surface area contributed by atoms with Crippen molar-refractivity contribution in [2.75, 3.05) is 0 Å². The van der Waals surface area contributed by atoms with Crippen molar-refractivity contribution < 1.29 is 5.11 Å². The summed E-state index contributed by atoms with van der Waals surface area (Å²) < 4.78 is 0. The van der Waals surface area contributed by atoms with Crippen LogP contribution < -0.4 is 10.6 Å². The molecule has 0 aliphatic heterocycles. The predicted octanol–water partition coefficient (Wildman–Crippen LogP) is 8.13. The van der Waals surface area contributed by atoms with Crippen molar-refractivity contribution in [1.29, 1.82) is 0 Å². The highest BCUT2D eigenvalue weighted by atomic mass is 31.1. The smallest absolute Gasteiger partial charge is 0.124 e. The average Bonchev–Trinajstić information content (AvgIpc) is 2.90. The van der Waals surface area contributed by atoms with E-state index in [1.54, 1.807) is 0 Å². The Hall–Kier alpha value is -3.15. The van der Waals surface area contributed by atoms with E-state index >= 15 is 0 Å².